The summed E-state index contributed by atoms with van der Waals surface area (Å²) in [6, 6.07) is 2.82. The van der Waals surface area contributed by atoms with Crippen LogP contribution in [0.4, 0.5) is 14.5 Å². The normalized spacial score (nSPS) is 19.8. The van der Waals surface area contributed by atoms with E-state index in [9.17, 15) is 13.6 Å². The maximum Gasteiger partial charge on any atom is 0.586 e. The third kappa shape index (κ3) is 2.41. The molecule has 0 atom stereocenters. The minimum Gasteiger partial charge on any atom is -0.399 e. The number of allylic oxidation sites excluding steroid dienone is 2. The Balaban J connectivity index is 1.51. The van der Waals surface area contributed by atoms with Crippen molar-refractivity contribution in [2.45, 2.75) is 19.1 Å². The van der Waals surface area contributed by atoms with Crippen LogP contribution in [0.15, 0.2) is 40.5 Å². The number of ether oxygens (including phenoxy) is 2. The van der Waals surface area contributed by atoms with Crippen molar-refractivity contribution in [3.8, 4) is 11.5 Å². The van der Waals surface area contributed by atoms with Gasteiger partial charge in [0.25, 0.3) is 5.91 Å². The molecule has 3 N–H and O–H groups in total. The first kappa shape index (κ1) is 13.7. The highest BCUT2D eigenvalue weighted by Gasteiger charge is 2.44. The zero-order valence-electron chi connectivity index (χ0n) is 11.7. The number of aliphatic imine (C=N–C) groups is 1. The van der Waals surface area contributed by atoms with Crippen LogP contribution in [0.5, 0.6) is 11.5 Å². The predicted octanol–water partition coefficient (Wildman–Crippen LogP) is 1.88. The van der Waals surface area contributed by atoms with Crippen LogP contribution in [0.1, 0.15) is 12.0 Å². The third-order valence-corrected chi connectivity index (χ3v) is 3.66. The van der Waals surface area contributed by atoms with E-state index < -0.39 is 6.29 Å². The van der Waals surface area contributed by atoms with E-state index >= 15 is 0 Å². The summed E-state index contributed by atoms with van der Waals surface area (Å²) in [6.07, 6.45) is 0.498. The molecule has 0 unspecified atom stereocenters. The molecule has 0 bridgehead atoms. The molecule has 3 aliphatic rings. The van der Waals surface area contributed by atoms with Gasteiger partial charge in [-0.3, -0.25) is 4.79 Å². The van der Waals surface area contributed by atoms with Gasteiger partial charge in [-0.1, -0.05) is 6.08 Å². The highest BCUT2D eigenvalue weighted by Crippen LogP contribution is 2.45. The minimum absolute atomic E-state index is 0.0352. The second-order valence-corrected chi connectivity index (χ2v) is 5.36. The van der Waals surface area contributed by atoms with Crippen LogP contribution < -0.4 is 20.5 Å². The fraction of sp³-hybridized carbons (Fsp3) is 0.200. The molecule has 1 aromatic rings. The van der Waals surface area contributed by atoms with E-state index in [0.29, 0.717) is 41.2 Å². The number of halogens is 2. The molecule has 0 aromatic heterocycles. The maximum atomic E-state index is 13.0. The molecular weight excluding hydrogens is 308 g/mol. The van der Waals surface area contributed by atoms with Gasteiger partial charge in [0.2, 0.25) is 0 Å². The molecule has 1 aromatic carbocycles. The summed E-state index contributed by atoms with van der Waals surface area (Å²) in [5.74, 6) is 0.0548. The standard InChI is InChI=1S/C15H11F2N3O3/c16-15(17)22-11-4-8-5-13(19-10(8)6-12(11)23-15)20-14(21)7-1-2-9(18)3-7/h2-4,6H,1,5,18H2,(H,19,20,21). The number of hydrogen-bond acceptors (Lipinski definition) is 5. The molecule has 0 radical (unpaired) electrons. The third-order valence-electron chi connectivity index (χ3n) is 3.66. The summed E-state index contributed by atoms with van der Waals surface area (Å²) < 4.78 is 34.8. The molecule has 8 heteroatoms. The number of benzene rings is 1. The number of hydrogen-bond donors (Lipinski definition) is 2. The lowest BCUT2D eigenvalue weighted by Crippen LogP contribution is -2.31. The van der Waals surface area contributed by atoms with E-state index in [1.165, 1.54) is 12.1 Å². The molecular formula is C15H11F2N3O3. The van der Waals surface area contributed by atoms with Crippen LogP contribution in [0, 0.1) is 0 Å². The Labute approximate surface area is 129 Å². The van der Waals surface area contributed by atoms with Crippen LogP contribution in [0.2, 0.25) is 0 Å². The summed E-state index contributed by atoms with van der Waals surface area (Å²) in [4.78, 5) is 16.3. The summed E-state index contributed by atoms with van der Waals surface area (Å²) in [7, 11) is 0. The molecule has 23 heavy (non-hydrogen) atoms. The van der Waals surface area contributed by atoms with Gasteiger partial charge >= 0.3 is 6.29 Å². The van der Waals surface area contributed by atoms with Crippen LogP contribution in [-0.2, 0) is 11.2 Å². The molecule has 118 valence electrons. The number of amides is 1. The van der Waals surface area contributed by atoms with Crippen molar-refractivity contribution in [2.24, 2.45) is 10.7 Å². The van der Waals surface area contributed by atoms with Gasteiger partial charge in [0, 0.05) is 23.8 Å². The summed E-state index contributed by atoms with van der Waals surface area (Å²) in [5, 5.41) is 2.70. The van der Waals surface area contributed by atoms with Crippen molar-refractivity contribution in [3.05, 3.63) is 41.1 Å². The van der Waals surface area contributed by atoms with Crippen molar-refractivity contribution in [3.63, 3.8) is 0 Å². The number of nitrogens with zero attached hydrogens (tertiary/aromatic N) is 1. The van der Waals surface area contributed by atoms with Crippen molar-refractivity contribution >= 4 is 17.4 Å². The molecule has 0 spiro atoms. The lowest BCUT2D eigenvalue weighted by atomic mass is 10.1. The number of fused-ring (bicyclic) bond motifs is 2. The van der Waals surface area contributed by atoms with Crippen LogP contribution >= 0.6 is 0 Å². The number of rotatable bonds is 1. The second-order valence-electron chi connectivity index (χ2n) is 5.36. The van der Waals surface area contributed by atoms with Gasteiger partial charge in [0.1, 0.15) is 5.84 Å². The Kier molecular flexibility index (Phi) is 2.72. The maximum absolute atomic E-state index is 13.0. The van der Waals surface area contributed by atoms with Crippen molar-refractivity contribution < 1.29 is 23.0 Å². The topological polar surface area (TPSA) is 85.9 Å². The number of carbonyl (C=O) groups excluding carboxylic acids is 1. The van der Waals surface area contributed by atoms with Gasteiger partial charge < -0.3 is 20.5 Å². The fourth-order valence-electron chi connectivity index (χ4n) is 2.63. The number of nitrogens with one attached hydrogen (secondary N) is 1. The first-order valence-corrected chi connectivity index (χ1v) is 6.87. The largest absolute Gasteiger partial charge is 0.586 e. The highest BCUT2D eigenvalue weighted by molar-refractivity contribution is 6.09. The zero-order chi connectivity index (χ0) is 16.2. The second kappa shape index (κ2) is 4.55. The molecule has 6 nitrogen and oxygen atoms in total. The van der Waals surface area contributed by atoms with Gasteiger partial charge in [-0.05, 0) is 24.1 Å². The van der Waals surface area contributed by atoms with E-state index in [0.717, 1.165) is 0 Å². The molecule has 4 rings (SSSR count). The molecule has 0 saturated heterocycles. The minimum atomic E-state index is -3.65. The number of carbonyl (C=O) groups is 1. The lowest BCUT2D eigenvalue weighted by Gasteiger charge is -2.05. The van der Waals surface area contributed by atoms with Gasteiger partial charge in [-0.2, -0.15) is 0 Å². The average Bonchev–Trinajstić information content (AvgIpc) is 3.10. The van der Waals surface area contributed by atoms with Crippen molar-refractivity contribution in [1.29, 1.82) is 0 Å². The molecule has 1 aliphatic carbocycles. The number of alkyl halides is 2. The smallest absolute Gasteiger partial charge is 0.399 e. The van der Waals surface area contributed by atoms with E-state index in [4.69, 9.17) is 5.73 Å². The number of nitrogens with two attached hydrogens (primary N) is 1. The van der Waals surface area contributed by atoms with Gasteiger partial charge in [0.15, 0.2) is 11.5 Å². The quantitative estimate of drug-likeness (QED) is 0.827. The Hall–Kier alpha value is -2.90. The van der Waals surface area contributed by atoms with Crippen molar-refractivity contribution in [2.75, 3.05) is 0 Å². The van der Waals surface area contributed by atoms with Crippen LogP contribution in [0.25, 0.3) is 0 Å². The first-order valence-electron chi connectivity index (χ1n) is 6.87. The molecule has 0 fully saturated rings. The SMILES string of the molecule is NC1=CCC(C(=O)NC2=Nc3cc4c(cc3C2)OC(F)(F)O4)=C1. The van der Waals surface area contributed by atoms with Gasteiger partial charge in [0.05, 0.1) is 5.69 Å². The molecule has 1 amide bonds. The Morgan fingerprint density at radius 1 is 1.30 bits per heavy atom. The highest BCUT2D eigenvalue weighted by atomic mass is 19.3. The molecule has 0 saturated carbocycles. The van der Waals surface area contributed by atoms with Gasteiger partial charge in [-0.25, -0.2) is 4.99 Å². The Morgan fingerprint density at radius 2 is 2.04 bits per heavy atom. The number of amidine groups is 1. The first-order chi connectivity index (χ1) is 10.9. The monoisotopic (exact) mass is 319 g/mol. The van der Waals surface area contributed by atoms with E-state index in [1.807, 2.05) is 0 Å². The Morgan fingerprint density at radius 3 is 2.74 bits per heavy atom. The Bertz CT molecular complexity index is 828. The van der Waals surface area contributed by atoms with E-state index in [-0.39, 0.29) is 17.4 Å². The summed E-state index contributed by atoms with van der Waals surface area (Å²) >= 11 is 0. The van der Waals surface area contributed by atoms with E-state index in [1.54, 1.807) is 12.2 Å². The van der Waals surface area contributed by atoms with Gasteiger partial charge in [-0.15, -0.1) is 8.78 Å². The van der Waals surface area contributed by atoms with Crippen LogP contribution in [0.3, 0.4) is 0 Å². The molecule has 2 aliphatic heterocycles. The lowest BCUT2D eigenvalue weighted by molar-refractivity contribution is -0.286. The summed E-state index contributed by atoms with van der Waals surface area (Å²) in [5.41, 5.74) is 7.86. The van der Waals surface area contributed by atoms with E-state index in [2.05, 4.69) is 19.8 Å². The summed E-state index contributed by atoms with van der Waals surface area (Å²) in [6.45, 7) is 0. The zero-order valence-corrected chi connectivity index (χ0v) is 11.7. The molecule has 2 heterocycles. The predicted molar refractivity (Wildman–Crippen MR) is 76.6 cm³/mol. The van der Waals surface area contributed by atoms with Crippen LogP contribution in [-0.4, -0.2) is 18.0 Å². The van der Waals surface area contributed by atoms with Crippen molar-refractivity contribution in [1.82, 2.24) is 5.32 Å². The fourth-order valence-corrected chi connectivity index (χ4v) is 2.63. The average molecular weight is 319 g/mol.